The first-order valence-corrected chi connectivity index (χ1v) is 6.80. The molecule has 0 saturated carbocycles. The van der Waals surface area contributed by atoms with Crippen LogP contribution in [-0.2, 0) is 6.42 Å². The third kappa shape index (κ3) is 2.55. The van der Waals surface area contributed by atoms with Crippen molar-refractivity contribution in [3.63, 3.8) is 0 Å². The summed E-state index contributed by atoms with van der Waals surface area (Å²) in [5, 5.41) is 0. The summed E-state index contributed by atoms with van der Waals surface area (Å²) in [6.45, 7) is 0. The smallest absolute Gasteiger partial charge is 0.118 e. The van der Waals surface area contributed by atoms with Gasteiger partial charge in [-0.1, -0.05) is 42.5 Å². The fourth-order valence-corrected chi connectivity index (χ4v) is 2.66. The number of methoxy groups -OCH3 is 1. The van der Waals surface area contributed by atoms with Crippen LogP contribution in [0.2, 0.25) is 0 Å². The van der Waals surface area contributed by atoms with Crippen LogP contribution in [0.1, 0.15) is 29.5 Å². The molecule has 1 aliphatic rings. The maximum Gasteiger partial charge on any atom is 0.118 e. The lowest BCUT2D eigenvalue weighted by atomic mass is 10.0. The Balaban J connectivity index is 1.98. The number of hydrogen-bond donors (Lipinski definition) is 0. The van der Waals surface area contributed by atoms with Crippen LogP contribution in [-0.4, -0.2) is 7.11 Å². The molecule has 2 aromatic carbocycles. The molecule has 19 heavy (non-hydrogen) atoms. The molecule has 0 radical (unpaired) electrons. The molecule has 2 aromatic rings. The van der Waals surface area contributed by atoms with Crippen LogP contribution in [0.15, 0.2) is 48.5 Å². The first-order chi connectivity index (χ1) is 9.36. The van der Waals surface area contributed by atoms with Crippen LogP contribution in [0, 0.1) is 0 Å². The maximum absolute atomic E-state index is 5.22. The lowest BCUT2D eigenvalue weighted by molar-refractivity contribution is 0.415. The van der Waals surface area contributed by atoms with E-state index >= 15 is 0 Å². The average Bonchev–Trinajstić information content (AvgIpc) is 2.69. The van der Waals surface area contributed by atoms with E-state index in [1.54, 1.807) is 7.11 Å². The quantitative estimate of drug-likeness (QED) is 0.758. The molecule has 96 valence electrons. The molecule has 0 saturated heterocycles. The molecule has 1 nitrogen and oxygen atoms in total. The SMILES string of the molecule is COc1ccc(C2=Cc3ccccc3CCC2)cc1. The van der Waals surface area contributed by atoms with Crippen molar-refractivity contribution in [2.75, 3.05) is 7.11 Å². The van der Waals surface area contributed by atoms with Gasteiger partial charge in [0.05, 0.1) is 7.11 Å². The molecular formula is C18H18O. The number of benzene rings is 2. The fourth-order valence-electron chi connectivity index (χ4n) is 2.66. The highest BCUT2D eigenvalue weighted by Crippen LogP contribution is 2.30. The monoisotopic (exact) mass is 250 g/mol. The van der Waals surface area contributed by atoms with Crippen LogP contribution in [0.25, 0.3) is 11.6 Å². The number of hydrogen-bond acceptors (Lipinski definition) is 1. The standard InChI is InChI=1S/C18H18O/c1-19-18-11-9-15(10-12-18)17-8-4-7-14-5-2-3-6-16(14)13-17/h2-3,5-6,9-13H,4,7-8H2,1H3. The molecule has 1 aliphatic carbocycles. The van der Waals surface area contributed by atoms with Crippen molar-refractivity contribution in [3.8, 4) is 5.75 Å². The maximum atomic E-state index is 5.22. The zero-order valence-electron chi connectivity index (χ0n) is 11.2. The van der Waals surface area contributed by atoms with Crippen LogP contribution >= 0.6 is 0 Å². The minimum Gasteiger partial charge on any atom is -0.497 e. The fraction of sp³-hybridized carbons (Fsp3) is 0.222. The second-order valence-electron chi connectivity index (χ2n) is 4.95. The van der Waals surface area contributed by atoms with E-state index < -0.39 is 0 Å². The van der Waals surface area contributed by atoms with Gasteiger partial charge in [-0.2, -0.15) is 0 Å². The highest BCUT2D eigenvalue weighted by molar-refractivity contribution is 5.83. The Kier molecular flexibility index (Phi) is 3.37. The number of ether oxygens (including phenoxy) is 1. The molecule has 3 rings (SSSR count). The van der Waals surface area contributed by atoms with E-state index in [0.29, 0.717) is 0 Å². The second kappa shape index (κ2) is 5.31. The summed E-state index contributed by atoms with van der Waals surface area (Å²) >= 11 is 0. The van der Waals surface area contributed by atoms with Crippen LogP contribution in [0.4, 0.5) is 0 Å². The molecule has 0 fully saturated rings. The summed E-state index contributed by atoms with van der Waals surface area (Å²) in [7, 11) is 1.70. The van der Waals surface area contributed by atoms with E-state index in [-0.39, 0.29) is 0 Å². The summed E-state index contributed by atoms with van der Waals surface area (Å²) in [5.74, 6) is 0.915. The van der Waals surface area contributed by atoms with Gasteiger partial charge in [0.25, 0.3) is 0 Å². The number of aryl methyl sites for hydroxylation is 1. The van der Waals surface area contributed by atoms with Gasteiger partial charge in [0.15, 0.2) is 0 Å². The van der Waals surface area contributed by atoms with Crippen molar-refractivity contribution in [2.24, 2.45) is 0 Å². The van der Waals surface area contributed by atoms with Crippen molar-refractivity contribution in [1.82, 2.24) is 0 Å². The first-order valence-electron chi connectivity index (χ1n) is 6.80. The number of allylic oxidation sites excluding steroid dienone is 1. The Labute approximate surface area is 114 Å². The van der Waals surface area contributed by atoms with Crippen molar-refractivity contribution in [3.05, 3.63) is 65.2 Å². The molecule has 0 N–H and O–H groups in total. The molecule has 0 amide bonds. The molecule has 0 aromatic heterocycles. The largest absolute Gasteiger partial charge is 0.497 e. The third-order valence-electron chi connectivity index (χ3n) is 3.74. The minimum absolute atomic E-state index is 0.915. The van der Waals surface area contributed by atoms with E-state index in [0.717, 1.165) is 12.2 Å². The molecule has 0 bridgehead atoms. The van der Waals surface area contributed by atoms with Crippen molar-refractivity contribution in [1.29, 1.82) is 0 Å². The molecule has 0 unspecified atom stereocenters. The summed E-state index contributed by atoms with van der Waals surface area (Å²) < 4.78 is 5.22. The predicted octanol–water partition coefficient (Wildman–Crippen LogP) is 4.57. The van der Waals surface area contributed by atoms with Gasteiger partial charge in [0.2, 0.25) is 0 Å². The lowest BCUT2D eigenvalue weighted by Gasteiger charge is -2.07. The van der Waals surface area contributed by atoms with E-state index in [2.05, 4.69) is 42.5 Å². The van der Waals surface area contributed by atoms with Crippen LogP contribution < -0.4 is 4.74 Å². The summed E-state index contributed by atoms with van der Waals surface area (Å²) in [6, 6.07) is 17.1. The van der Waals surface area contributed by atoms with Gasteiger partial charge in [0, 0.05) is 0 Å². The highest BCUT2D eigenvalue weighted by atomic mass is 16.5. The zero-order chi connectivity index (χ0) is 13.1. The van der Waals surface area contributed by atoms with Crippen LogP contribution in [0.5, 0.6) is 5.75 Å². The Bertz CT molecular complexity index is 593. The zero-order valence-corrected chi connectivity index (χ0v) is 11.2. The summed E-state index contributed by atoms with van der Waals surface area (Å²) in [5.41, 5.74) is 5.56. The van der Waals surface area contributed by atoms with E-state index in [9.17, 15) is 0 Å². The van der Waals surface area contributed by atoms with Crippen molar-refractivity contribution in [2.45, 2.75) is 19.3 Å². The van der Waals surface area contributed by atoms with Gasteiger partial charge in [-0.05, 0) is 53.7 Å². The van der Waals surface area contributed by atoms with Crippen molar-refractivity contribution < 1.29 is 4.74 Å². The van der Waals surface area contributed by atoms with Gasteiger partial charge in [-0.25, -0.2) is 0 Å². The number of fused-ring (bicyclic) bond motifs is 1. The van der Waals surface area contributed by atoms with Gasteiger partial charge in [0.1, 0.15) is 5.75 Å². The molecule has 0 spiro atoms. The predicted molar refractivity (Wildman–Crippen MR) is 80.2 cm³/mol. The van der Waals surface area contributed by atoms with Gasteiger partial charge >= 0.3 is 0 Å². The number of rotatable bonds is 2. The Hall–Kier alpha value is -2.02. The molecule has 1 heteroatoms. The molecule has 0 heterocycles. The van der Waals surface area contributed by atoms with E-state index in [1.165, 1.54) is 35.1 Å². The highest BCUT2D eigenvalue weighted by Gasteiger charge is 2.09. The third-order valence-corrected chi connectivity index (χ3v) is 3.74. The minimum atomic E-state index is 0.915. The first kappa shape index (κ1) is 12.0. The lowest BCUT2D eigenvalue weighted by Crippen LogP contribution is -1.86. The van der Waals surface area contributed by atoms with Crippen LogP contribution in [0.3, 0.4) is 0 Å². The Morgan fingerprint density at radius 2 is 1.68 bits per heavy atom. The van der Waals surface area contributed by atoms with E-state index in [4.69, 9.17) is 4.74 Å². The van der Waals surface area contributed by atoms with Gasteiger partial charge in [-0.15, -0.1) is 0 Å². The Morgan fingerprint density at radius 3 is 2.47 bits per heavy atom. The summed E-state index contributed by atoms with van der Waals surface area (Å²) in [6.07, 6.45) is 5.87. The molecule has 0 atom stereocenters. The normalized spacial score (nSPS) is 14.3. The average molecular weight is 250 g/mol. The Morgan fingerprint density at radius 1 is 0.895 bits per heavy atom. The van der Waals surface area contributed by atoms with E-state index in [1.807, 2.05) is 12.1 Å². The van der Waals surface area contributed by atoms with Gasteiger partial charge in [-0.3, -0.25) is 0 Å². The molecular weight excluding hydrogens is 232 g/mol. The topological polar surface area (TPSA) is 9.23 Å². The van der Waals surface area contributed by atoms with Gasteiger partial charge < -0.3 is 4.74 Å². The second-order valence-corrected chi connectivity index (χ2v) is 4.95. The summed E-state index contributed by atoms with van der Waals surface area (Å²) in [4.78, 5) is 0. The van der Waals surface area contributed by atoms with Crippen molar-refractivity contribution >= 4 is 11.6 Å². The molecule has 0 aliphatic heterocycles.